The van der Waals surface area contributed by atoms with Crippen molar-refractivity contribution < 1.29 is 8.78 Å². The summed E-state index contributed by atoms with van der Waals surface area (Å²) in [4.78, 5) is 0. The minimum atomic E-state index is -2.72. The number of alkyl halides is 2. The Morgan fingerprint density at radius 2 is 1.94 bits per heavy atom. The van der Waals surface area contributed by atoms with E-state index in [1.807, 2.05) is 0 Å². The number of hydrogen-bond acceptors (Lipinski definition) is 2. The summed E-state index contributed by atoms with van der Waals surface area (Å²) in [5, 5.41) is 4.39. The van der Waals surface area contributed by atoms with Crippen molar-refractivity contribution in [2.45, 2.75) is 6.43 Å². The molecule has 0 unspecified atom stereocenters. The van der Waals surface area contributed by atoms with E-state index in [1.165, 1.54) is 24.4 Å². The van der Waals surface area contributed by atoms with Gasteiger partial charge in [-0.25, -0.2) is 13.5 Å². The second-order valence-electron chi connectivity index (χ2n) is 3.30. The molecule has 3 nitrogen and oxygen atoms in total. The molecule has 0 aliphatic carbocycles. The van der Waals surface area contributed by atoms with Crippen LogP contribution in [-0.4, -0.2) is 9.78 Å². The number of nitrogens with zero attached hydrogens (tertiary/aromatic N) is 2. The zero-order valence-corrected chi connectivity index (χ0v) is 9.88. The van der Waals surface area contributed by atoms with Crippen LogP contribution in [0.5, 0.6) is 0 Å². The molecule has 0 aliphatic heterocycles. The van der Waals surface area contributed by atoms with Crippen molar-refractivity contribution >= 4 is 28.9 Å². The van der Waals surface area contributed by atoms with Crippen LogP contribution in [0.1, 0.15) is 12.1 Å². The van der Waals surface area contributed by atoms with Crippen molar-refractivity contribution in [1.29, 1.82) is 0 Å². The summed E-state index contributed by atoms with van der Waals surface area (Å²) in [6.45, 7) is 0. The van der Waals surface area contributed by atoms with E-state index < -0.39 is 6.43 Å². The topological polar surface area (TPSA) is 43.8 Å². The Bertz CT molecular complexity index is 554. The van der Waals surface area contributed by atoms with Gasteiger partial charge in [0, 0.05) is 0 Å². The van der Waals surface area contributed by atoms with Crippen LogP contribution in [0.2, 0.25) is 10.0 Å². The largest absolute Gasteiger partial charge is 0.396 e. The zero-order chi connectivity index (χ0) is 12.6. The Labute approximate surface area is 106 Å². The van der Waals surface area contributed by atoms with Gasteiger partial charge in [-0.1, -0.05) is 23.2 Å². The number of anilines is 1. The Morgan fingerprint density at radius 3 is 2.53 bits per heavy atom. The molecule has 0 saturated heterocycles. The Morgan fingerprint density at radius 1 is 1.24 bits per heavy atom. The summed E-state index contributed by atoms with van der Waals surface area (Å²) in [7, 11) is 0. The first-order valence-corrected chi connectivity index (χ1v) is 5.33. The third-order valence-corrected chi connectivity index (χ3v) is 2.93. The maximum Gasteiger partial charge on any atom is 0.282 e. The van der Waals surface area contributed by atoms with Crippen LogP contribution in [0.25, 0.3) is 5.69 Å². The van der Waals surface area contributed by atoms with E-state index in [1.54, 1.807) is 0 Å². The first kappa shape index (κ1) is 12.1. The predicted octanol–water partition coefficient (Wildman–Crippen LogP) is 3.70. The Hall–Kier alpha value is -1.33. The summed E-state index contributed by atoms with van der Waals surface area (Å²) < 4.78 is 26.6. The molecule has 0 fully saturated rings. The summed E-state index contributed by atoms with van der Waals surface area (Å²) in [6, 6.07) is 4.49. The van der Waals surface area contributed by atoms with Gasteiger partial charge >= 0.3 is 0 Å². The van der Waals surface area contributed by atoms with Gasteiger partial charge in [0.05, 0.1) is 27.6 Å². The molecule has 2 rings (SSSR count). The lowest BCUT2D eigenvalue weighted by molar-refractivity contribution is 0.143. The highest BCUT2D eigenvalue weighted by molar-refractivity contribution is 6.42. The molecule has 7 heteroatoms. The monoisotopic (exact) mass is 277 g/mol. The SMILES string of the molecule is Nc1cnn(-c2ccc(Cl)c(Cl)c2)c1C(F)F. The highest BCUT2D eigenvalue weighted by Gasteiger charge is 2.19. The van der Waals surface area contributed by atoms with Crippen LogP contribution >= 0.6 is 23.2 Å². The number of rotatable bonds is 2. The molecule has 0 spiro atoms. The lowest BCUT2D eigenvalue weighted by Gasteiger charge is -2.08. The van der Waals surface area contributed by atoms with Crippen molar-refractivity contribution in [3.8, 4) is 5.69 Å². The molecule has 2 N–H and O–H groups in total. The van der Waals surface area contributed by atoms with Gasteiger partial charge in [0.15, 0.2) is 0 Å². The standard InChI is InChI=1S/C10H7Cl2F2N3/c11-6-2-1-5(3-7(6)12)17-9(10(13)14)8(15)4-16-17/h1-4,10H,15H2. The quantitative estimate of drug-likeness (QED) is 0.910. The molecule has 17 heavy (non-hydrogen) atoms. The van der Waals surface area contributed by atoms with Crippen molar-refractivity contribution in [2.24, 2.45) is 0 Å². The lowest BCUT2D eigenvalue weighted by atomic mass is 10.3. The van der Waals surface area contributed by atoms with Crippen LogP contribution in [-0.2, 0) is 0 Å². The fourth-order valence-corrected chi connectivity index (χ4v) is 1.70. The number of aromatic nitrogens is 2. The average molecular weight is 278 g/mol. The zero-order valence-electron chi connectivity index (χ0n) is 8.37. The number of halogens is 4. The van der Waals surface area contributed by atoms with Gasteiger partial charge in [-0.2, -0.15) is 5.10 Å². The van der Waals surface area contributed by atoms with E-state index in [-0.39, 0.29) is 16.4 Å². The molecule has 1 aromatic heterocycles. The van der Waals surface area contributed by atoms with E-state index in [0.29, 0.717) is 10.7 Å². The minimum Gasteiger partial charge on any atom is -0.396 e. The van der Waals surface area contributed by atoms with E-state index in [4.69, 9.17) is 28.9 Å². The van der Waals surface area contributed by atoms with Gasteiger partial charge in [0.1, 0.15) is 5.69 Å². The van der Waals surface area contributed by atoms with Crippen LogP contribution < -0.4 is 5.73 Å². The third-order valence-electron chi connectivity index (χ3n) is 2.19. The second kappa shape index (κ2) is 4.50. The van der Waals surface area contributed by atoms with Crippen LogP contribution in [0.15, 0.2) is 24.4 Å². The van der Waals surface area contributed by atoms with Crippen molar-refractivity contribution in [3.63, 3.8) is 0 Å². The van der Waals surface area contributed by atoms with Crippen LogP contribution in [0.4, 0.5) is 14.5 Å². The molecule has 1 aromatic carbocycles. The van der Waals surface area contributed by atoms with Gasteiger partial charge in [-0.15, -0.1) is 0 Å². The molecule has 0 aliphatic rings. The van der Waals surface area contributed by atoms with Gasteiger partial charge in [-0.3, -0.25) is 0 Å². The molecular formula is C10H7Cl2F2N3. The summed E-state index contributed by atoms with van der Waals surface area (Å²) in [5.41, 5.74) is 5.38. The molecule has 2 aromatic rings. The molecule has 0 atom stereocenters. The number of nitrogens with two attached hydrogens (primary N) is 1. The molecule has 1 heterocycles. The van der Waals surface area contributed by atoms with Crippen molar-refractivity contribution in [1.82, 2.24) is 9.78 Å². The Kier molecular flexibility index (Phi) is 3.22. The van der Waals surface area contributed by atoms with E-state index in [2.05, 4.69) is 5.10 Å². The second-order valence-corrected chi connectivity index (χ2v) is 4.11. The first-order chi connectivity index (χ1) is 8.00. The maximum absolute atomic E-state index is 12.8. The number of benzene rings is 1. The molecule has 0 saturated carbocycles. The normalized spacial score (nSPS) is 11.1. The third kappa shape index (κ3) is 2.21. The van der Waals surface area contributed by atoms with Gasteiger partial charge in [0.25, 0.3) is 6.43 Å². The Balaban J connectivity index is 2.56. The molecule has 90 valence electrons. The fourth-order valence-electron chi connectivity index (χ4n) is 1.41. The molecule has 0 amide bonds. The van der Waals surface area contributed by atoms with Gasteiger partial charge in [0.2, 0.25) is 0 Å². The molecule has 0 radical (unpaired) electrons. The highest BCUT2D eigenvalue weighted by Crippen LogP contribution is 2.30. The lowest BCUT2D eigenvalue weighted by Crippen LogP contribution is -2.04. The summed E-state index contributed by atoms with van der Waals surface area (Å²) >= 11 is 11.6. The van der Waals surface area contributed by atoms with Crippen molar-refractivity contribution in [2.75, 3.05) is 5.73 Å². The van der Waals surface area contributed by atoms with E-state index >= 15 is 0 Å². The van der Waals surface area contributed by atoms with Gasteiger partial charge < -0.3 is 5.73 Å². The number of hydrogen-bond donors (Lipinski definition) is 1. The van der Waals surface area contributed by atoms with E-state index in [9.17, 15) is 8.78 Å². The highest BCUT2D eigenvalue weighted by atomic mass is 35.5. The predicted molar refractivity (Wildman–Crippen MR) is 63.0 cm³/mol. The first-order valence-electron chi connectivity index (χ1n) is 4.57. The average Bonchev–Trinajstić information content (AvgIpc) is 2.64. The number of nitrogen functional groups attached to an aromatic ring is 1. The minimum absolute atomic E-state index is 0.0638. The smallest absolute Gasteiger partial charge is 0.282 e. The van der Waals surface area contributed by atoms with Crippen molar-refractivity contribution in [3.05, 3.63) is 40.1 Å². The summed E-state index contributed by atoms with van der Waals surface area (Å²) in [6.07, 6.45) is -1.55. The molecular weight excluding hydrogens is 271 g/mol. The molecule has 0 bridgehead atoms. The van der Waals surface area contributed by atoms with Crippen LogP contribution in [0.3, 0.4) is 0 Å². The fraction of sp³-hybridized carbons (Fsp3) is 0.100. The van der Waals surface area contributed by atoms with Crippen LogP contribution in [0, 0.1) is 0 Å². The van der Waals surface area contributed by atoms with Gasteiger partial charge in [-0.05, 0) is 18.2 Å². The maximum atomic E-state index is 12.8. The summed E-state index contributed by atoms with van der Waals surface area (Å²) in [5.74, 6) is 0. The van der Waals surface area contributed by atoms with E-state index in [0.717, 1.165) is 4.68 Å².